The molecule has 152 valence electrons. The second kappa shape index (κ2) is 6.93. The lowest BCUT2D eigenvalue weighted by molar-refractivity contribution is 0.00255. The average Bonchev–Trinajstić information content (AvgIpc) is 3.38. The van der Waals surface area contributed by atoms with Crippen LogP contribution < -0.4 is 4.90 Å². The highest BCUT2D eigenvalue weighted by molar-refractivity contribution is 5.94. The number of likely N-dealkylation sites (tertiary alicyclic amines) is 1. The highest BCUT2D eigenvalue weighted by Gasteiger charge is 2.63. The van der Waals surface area contributed by atoms with Gasteiger partial charge in [-0.2, -0.15) is 0 Å². The van der Waals surface area contributed by atoms with Crippen LogP contribution >= 0.6 is 0 Å². The van der Waals surface area contributed by atoms with Gasteiger partial charge in [0.05, 0.1) is 37.0 Å². The Morgan fingerprint density at radius 3 is 2.75 bits per heavy atom. The van der Waals surface area contributed by atoms with Crippen molar-refractivity contribution in [2.24, 2.45) is 11.8 Å². The average molecular weight is 387 g/mol. The molecule has 0 saturated carbocycles. The van der Waals surface area contributed by atoms with E-state index in [1.165, 1.54) is 0 Å². The van der Waals surface area contributed by atoms with Gasteiger partial charge >= 0.3 is 0 Å². The summed E-state index contributed by atoms with van der Waals surface area (Å²) >= 11 is 0. The van der Waals surface area contributed by atoms with E-state index in [-0.39, 0.29) is 11.5 Å². The summed E-state index contributed by atoms with van der Waals surface area (Å²) in [5.41, 5.74) is 0.433. The first-order valence-electron chi connectivity index (χ1n) is 10.3. The number of anilines is 1. The smallest absolute Gasteiger partial charge is 0.257 e. The maximum atomic E-state index is 13.1. The molecule has 1 aromatic heterocycles. The molecule has 1 spiro atoms. The van der Waals surface area contributed by atoms with Crippen LogP contribution in [0.1, 0.15) is 23.2 Å². The number of carbonyl (C=O) groups excluding carboxylic acids is 1. The Bertz CT molecular complexity index is 736. The Morgan fingerprint density at radius 1 is 1.29 bits per heavy atom. The predicted octanol–water partition coefficient (Wildman–Crippen LogP) is 0.494. The lowest BCUT2D eigenvalue weighted by atomic mass is 9.73. The fourth-order valence-corrected chi connectivity index (χ4v) is 5.55. The minimum absolute atomic E-state index is 0.0213. The van der Waals surface area contributed by atoms with Crippen LogP contribution in [0.5, 0.6) is 0 Å². The number of nitrogens with zero attached hydrogens (tertiary/aromatic N) is 5. The molecule has 1 amide bonds. The number of carbonyl (C=O) groups is 1. The fraction of sp³-hybridized carbons (Fsp3) is 0.750. The van der Waals surface area contributed by atoms with Gasteiger partial charge in [-0.1, -0.05) is 0 Å². The third-order valence-electron chi connectivity index (χ3n) is 6.83. The summed E-state index contributed by atoms with van der Waals surface area (Å²) in [5.74, 6) is 1.64. The van der Waals surface area contributed by atoms with E-state index in [2.05, 4.69) is 33.9 Å². The van der Waals surface area contributed by atoms with E-state index in [0.29, 0.717) is 49.2 Å². The molecule has 0 unspecified atom stereocenters. The number of amides is 1. The molecular weight excluding hydrogens is 358 g/mol. The van der Waals surface area contributed by atoms with Gasteiger partial charge in [-0.25, -0.2) is 9.97 Å². The van der Waals surface area contributed by atoms with Crippen LogP contribution in [0.25, 0.3) is 0 Å². The van der Waals surface area contributed by atoms with Crippen molar-refractivity contribution in [2.75, 3.05) is 64.9 Å². The molecule has 5 heterocycles. The molecule has 4 atom stereocenters. The highest BCUT2D eigenvalue weighted by Crippen LogP contribution is 2.55. The molecule has 0 N–H and O–H groups in total. The highest BCUT2D eigenvalue weighted by atomic mass is 16.5. The predicted molar refractivity (Wildman–Crippen MR) is 103 cm³/mol. The first kappa shape index (κ1) is 18.3. The number of aromatic nitrogens is 2. The topological polar surface area (TPSA) is 71.0 Å². The van der Waals surface area contributed by atoms with Gasteiger partial charge in [-0.15, -0.1) is 0 Å². The zero-order valence-electron chi connectivity index (χ0n) is 16.7. The van der Waals surface area contributed by atoms with Crippen molar-refractivity contribution < 1.29 is 14.3 Å². The maximum absolute atomic E-state index is 13.1. The monoisotopic (exact) mass is 387 g/mol. The van der Waals surface area contributed by atoms with Crippen LogP contribution in [0.3, 0.4) is 0 Å². The molecule has 4 saturated heterocycles. The summed E-state index contributed by atoms with van der Waals surface area (Å²) < 4.78 is 11.8. The van der Waals surface area contributed by atoms with Gasteiger partial charge in [0.25, 0.3) is 5.91 Å². The molecule has 8 nitrogen and oxygen atoms in total. The van der Waals surface area contributed by atoms with Crippen LogP contribution in [0.2, 0.25) is 0 Å². The minimum Gasteiger partial charge on any atom is -0.378 e. The van der Waals surface area contributed by atoms with Gasteiger partial charge in [-0.3, -0.25) is 4.79 Å². The molecule has 8 heteroatoms. The number of morpholine rings is 1. The van der Waals surface area contributed by atoms with Crippen LogP contribution in [0.4, 0.5) is 5.95 Å². The zero-order chi connectivity index (χ0) is 19.3. The second-order valence-electron chi connectivity index (χ2n) is 8.85. The van der Waals surface area contributed by atoms with E-state index in [0.717, 1.165) is 39.0 Å². The molecule has 28 heavy (non-hydrogen) atoms. The summed E-state index contributed by atoms with van der Waals surface area (Å²) in [5, 5.41) is 0. The standard InChI is InChI=1S/C20H29N5O3/c1-23(2)11-15-16-12-25(13-20(16)4-3-17(15)28-20)18(26)14-9-21-19(22-10-14)24-5-7-27-8-6-24/h9-10,15-17H,3-8,11-13H2,1-2H3/t15-,16+,17+,20+/m1/s1. The Hall–Kier alpha value is -1.77. The molecule has 4 aliphatic rings. The third kappa shape index (κ3) is 2.98. The Morgan fingerprint density at radius 2 is 2.04 bits per heavy atom. The van der Waals surface area contributed by atoms with Gasteiger partial charge < -0.3 is 24.2 Å². The first-order valence-corrected chi connectivity index (χ1v) is 10.3. The van der Waals surface area contributed by atoms with Gasteiger partial charge in [0, 0.05) is 50.4 Å². The van der Waals surface area contributed by atoms with E-state index >= 15 is 0 Å². The van der Waals surface area contributed by atoms with Gasteiger partial charge in [0.1, 0.15) is 0 Å². The van der Waals surface area contributed by atoms with Crippen LogP contribution in [0.15, 0.2) is 12.4 Å². The molecule has 1 aromatic rings. The van der Waals surface area contributed by atoms with Crippen molar-refractivity contribution in [2.45, 2.75) is 24.5 Å². The fourth-order valence-electron chi connectivity index (χ4n) is 5.55. The van der Waals surface area contributed by atoms with Crippen LogP contribution in [-0.2, 0) is 9.47 Å². The number of hydrogen-bond donors (Lipinski definition) is 0. The Balaban J connectivity index is 1.29. The normalized spacial score (nSPS) is 34.3. The molecule has 4 aliphatic heterocycles. The van der Waals surface area contributed by atoms with Gasteiger partial charge in [-0.05, 0) is 26.9 Å². The van der Waals surface area contributed by atoms with Crippen molar-refractivity contribution in [3.8, 4) is 0 Å². The molecule has 0 aromatic carbocycles. The second-order valence-corrected chi connectivity index (χ2v) is 8.85. The summed E-state index contributed by atoms with van der Waals surface area (Å²) in [4.78, 5) is 28.3. The SMILES string of the molecule is CN(C)C[C@H]1[C@@H]2CC[C@@]3(CN(C(=O)c4cnc(N5CCOCC5)nc4)C[C@@H]13)O2. The van der Waals surface area contributed by atoms with Crippen molar-refractivity contribution in [1.82, 2.24) is 19.8 Å². The number of ether oxygens (including phenoxy) is 2. The molecule has 0 aliphatic carbocycles. The van der Waals surface area contributed by atoms with E-state index in [1.54, 1.807) is 12.4 Å². The summed E-state index contributed by atoms with van der Waals surface area (Å²) in [6.45, 7) is 5.45. The molecule has 4 fully saturated rings. The third-order valence-corrected chi connectivity index (χ3v) is 6.83. The van der Waals surface area contributed by atoms with Crippen molar-refractivity contribution in [3.05, 3.63) is 18.0 Å². The molecule has 0 radical (unpaired) electrons. The summed E-state index contributed by atoms with van der Waals surface area (Å²) in [7, 11) is 4.23. The maximum Gasteiger partial charge on any atom is 0.257 e. The van der Waals surface area contributed by atoms with Crippen molar-refractivity contribution >= 4 is 11.9 Å². The van der Waals surface area contributed by atoms with Crippen molar-refractivity contribution in [3.63, 3.8) is 0 Å². The van der Waals surface area contributed by atoms with Crippen LogP contribution in [0, 0.1) is 11.8 Å². The number of fused-ring (bicyclic) bond motifs is 1. The van der Waals surface area contributed by atoms with Crippen LogP contribution in [-0.4, -0.2) is 97.4 Å². The van der Waals surface area contributed by atoms with Gasteiger partial charge in [0.2, 0.25) is 5.95 Å². The zero-order valence-corrected chi connectivity index (χ0v) is 16.7. The number of rotatable bonds is 4. The van der Waals surface area contributed by atoms with E-state index in [4.69, 9.17) is 9.47 Å². The molecule has 2 bridgehead atoms. The van der Waals surface area contributed by atoms with E-state index in [9.17, 15) is 4.79 Å². The first-order chi connectivity index (χ1) is 13.6. The lowest BCUT2D eigenvalue weighted by Crippen LogP contribution is -2.40. The Kier molecular flexibility index (Phi) is 4.52. The molecule has 5 rings (SSSR count). The lowest BCUT2D eigenvalue weighted by Gasteiger charge is -2.30. The minimum atomic E-state index is -0.129. The summed E-state index contributed by atoms with van der Waals surface area (Å²) in [6, 6.07) is 0. The quantitative estimate of drug-likeness (QED) is 0.745. The van der Waals surface area contributed by atoms with E-state index in [1.807, 2.05) is 4.90 Å². The van der Waals surface area contributed by atoms with Crippen molar-refractivity contribution in [1.29, 1.82) is 0 Å². The molecular formula is C20H29N5O3. The largest absolute Gasteiger partial charge is 0.378 e. The summed E-state index contributed by atoms with van der Waals surface area (Å²) in [6.07, 6.45) is 5.89. The van der Waals surface area contributed by atoms with Gasteiger partial charge in [0.15, 0.2) is 0 Å². The number of hydrogen-bond acceptors (Lipinski definition) is 7. The Labute approximate surface area is 165 Å². The van der Waals surface area contributed by atoms with E-state index < -0.39 is 0 Å².